The number of halogens is 1. The van der Waals surface area contributed by atoms with Crippen LogP contribution in [-0.4, -0.2) is 42.4 Å². The minimum Gasteiger partial charge on any atom is -0.454 e. The van der Waals surface area contributed by atoms with Crippen molar-refractivity contribution in [1.82, 2.24) is 5.32 Å². The van der Waals surface area contributed by atoms with Gasteiger partial charge in [0.25, 0.3) is 11.8 Å². The molecule has 0 heterocycles. The van der Waals surface area contributed by atoms with Gasteiger partial charge in [-0.2, -0.15) is 11.8 Å². The third-order valence-corrected chi connectivity index (χ3v) is 3.56. The fourth-order valence-electron chi connectivity index (χ4n) is 1.57. The monoisotopic (exact) mass is 344 g/mol. The van der Waals surface area contributed by atoms with Crippen molar-refractivity contribution in [3.63, 3.8) is 0 Å². The van der Waals surface area contributed by atoms with Crippen LogP contribution in [0.2, 0.25) is 5.02 Å². The van der Waals surface area contributed by atoms with Gasteiger partial charge < -0.3 is 15.8 Å². The third-order valence-electron chi connectivity index (χ3n) is 2.66. The van der Waals surface area contributed by atoms with Crippen LogP contribution in [0.3, 0.4) is 0 Å². The molecule has 120 valence electrons. The number of esters is 1. The quantitative estimate of drug-likeness (QED) is 0.691. The van der Waals surface area contributed by atoms with E-state index in [0.717, 1.165) is 0 Å². The van der Waals surface area contributed by atoms with Crippen LogP contribution in [0.1, 0.15) is 16.8 Å². The van der Waals surface area contributed by atoms with Gasteiger partial charge in [-0.15, -0.1) is 0 Å². The number of nitrogens with two attached hydrogens (primary N) is 1. The zero-order valence-electron chi connectivity index (χ0n) is 12.0. The van der Waals surface area contributed by atoms with E-state index in [4.69, 9.17) is 22.1 Å². The first kappa shape index (κ1) is 18.3. The summed E-state index contributed by atoms with van der Waals surface area (Å²) in [5, 5.41) is 3.10. The van der Waals surface area contributed by atoms with E-state index in [2.05, 4.69) is 5.32 Å². The van der Waals surface area contributed by atoms with E-state index in [1.807, 2.05) is 6.26 Å². The molecule has 0 aliphatic heterocycles. The maximum absolute atomic E-state index is 12.1. The molecule has 1 rings (SSSR count). The van der Waals surface area contributed by atoms with Crippen LogP contribution in [0.5, 0.6) is 0 Å². The molecule has 0 unspecified atom stereocenters. The molecular weight excluding hydrogens is 328 g/mol. The molecule has 1 aromatic carbocycles. The Morgan fingerprint density at radius 3 is 2.50 bits per heavy atom. The minimum atomic E-state index is -0.838. The van der Waals surface area contributed by atoms with E-state index >= 15 is 0 Å². The largest absolute Gasteiger partial charge is 0.454 e. The second-order valence-corrected chi connectivity index (χ2v) is 5.81. The number of rotatable bonds is 8. The van der Waals surface area contributed by atoms with Crippen molar-refractivity contribution in [1.29, 1.82) is 0 Å². The smallest absolute Gasteiger partial charge is 0.329 e. The Hall–Kier alpha value is -1.73. The molecule has 0 radical (unpaired) electrons. The number of nitrogens with one attached hydrogen (secondary N) is 1. The highest BCUT2D eigenvalue weighted by molar-refractivity contribution is 7.98. The molecule has 0 fully saturated rings. The third kappa shape index (κ3) is 6.36. The number of carbonyl (C=O) groups excluding carboxylic acids is 3. The van der Waals surface area contributed by atoms with E-state index in [-0.39, 0.29) is 0 Å². The molecule has 0 aliphatic rings. The molecule has 0 bridgehead atoms. The van der Waals surface area contributed by atoms with Crippen molar-refractivity contribution in [2.24, 2.45) is 5.73 Å². The number of primary amides is 1. The number of ether oxygens (including phenoxy) is 1. The fraction of sp³-hybridized carbons (Fsp3) is 0.357. The first-order valence-corrected chi connectivity index (χ1v) is 8.21. The minimum absolute atomic E-state index is 0.376. The molecule has 22 heavy (non-hydrogen) atoms. The van der Waals surface area contributed by atoms with Crippen molar-refractivity contribution in [3.05, 3.63) is 34.9 Å². The van der Waals surface area contributed by atoms with Crippen molar-refractivity contribution in [2.75, 3.05) is 18.6 Å². The summed E-state index contributed by atoms with van der Waals surface area (Å²) >= 11 is 7.29. The van der Waals surface area contributed by atoms with E-state index in [1.54, 1.807) is 24.3 Å². The number of benzene rings is 1. The summed E-state index contributed by atoms with van der Waals surface area (Å²) in [5.41, 5.74) is 5.30. The Kier molecular flexibility index (Phi) is 7.76. The standard InChI is InChI=1S/C14H17ClN2O4S/c1-22-7-6-11(14(20)21-8-12(16)18)17-13(19)9-2-4-10(15)5-3-9/h2-5,11H,6-8H2,1H3,(H2,16,18)(H,17,19)/t11-/m0/s1. The second kappa shape index (κ2) is 9.32. The molecule has 3 N–H and O–H groups in total. The topological polar surface area (TPSA) is 98.5 Å². The first-order chi connectivity index (χ1) is 10.4. The number of amides is 2. The average Bonchev–Trinajstić information content (AvgIpc) is 2.49. The van der Waals surface area contributed by atoms with E-state index < -0.39 is 30.4 Å². The van der Waals surface area contributed by atoms with Crippen LogP contribution >= 0.6 is 23.4 Å². The van der Waals surface area contributed by atoms with Crippen molar-refractivity contribution < 1.29 is 19.1 Å². The molecule has 2 amide bonds. The highest BCUT2D eigenvalue weighted by Crippen LogP contribution is 2.10. The van der Waals surface area contributed by atoms with Crippen molar-refractivity contribution >= 4 is 41.1 Å². The van der Waals surface area contributed by atoms with Crippen LogP contribution in [0.4, 0.5) is 0 Å². The van der Waals surface area contributed by atoms with Crippen LogP contribution in [0.15, 0.2) is 24.3 Å². The number of carbonyl (C=O) groups is 3. The van der Waals surface area contributed by atoms with E-state index in [1.165, 1.54) is 11.8 Å². The molecule has 6 nitrogen and oxygen atoms in total. The summed E-state index contributed by atoms with van der Waals surface area (Å²) in [6.45, 7) is -0.509. The Bertz CT molecular complexity index is 536. The van der Waals surface area contributed by atoms with Crippen molar-refractivity contribution in [3.8, 4) is 0 Å². The summed E-state index contributed by atoms with van der Waals surface area (Å²) in [6.07, 6.45) is 2.27. The first-order valence-electron chi connectivity index (χ1n) is 6.44. The van der Waals surface area contributed by atoms with Gasteiger partial charge in [0.15, 0.2) is 6.61 Å². The second-order valence-electron chi connectivity index (χ2n) is 4.39. The predicted molar refractivity (Wildman–Crippen MR) is 85.9 cm³/mol. The highest BCUT2D eigenvalue weighted by atomic mass is 35.5. The van der Waals surface area contributed by atoms with Gasteiger partial charge in [-0.25, -0.2) is 4.79 Å². The lowest BCUT2D eigenvalue weighted by molar-refractivity contribution is -0.149. The molecule has 0 spiro atoms. The molecule has 0 aromatic heterocycles. The molecule has 1 atom stereocenters. The molecule has 8 heteroatoms. The number of hydrogen-bond acceptors (Lipinski definition) is 5. The fourth-order valence-corrected chi connectivity index (χ4v) is 2.17. The zero-order valence-corrected chi connectivity index (χ0v) is 13.6. The van der Waals surface area contributed by atoms with Crippen LogP contribution in [-0.2, 0) is 14.3 Å². The average molecular weight is 345 g/mol. The van der Waals surface area contributed by atoms with Gasteiger partial charge in [0.1, 0.15) is 6.04 Å². The summed E-state index contributed by atoms with van der Waals surface area (Å²) in [4.78, 5) is 34.7. The molecule has 1 aromatic rings. The predicted octanol–water partition coefficient (Wildman–Crippen LogP) is 1.22. The SMILES string of the molecule is CSCC[C@H](NC(=O)c1ccc(Cl)cc1)C(=O)OCC(N)=O. The van der Waals surface area contributed by atoms with Crippen LogP contribution < -0.4 is 11.1 Å². The highest BCUT2D eigenvalue weighted by Gasteiger charge is 2.23. The maximum Gasteiger partial charge on any atom is 0.329 e. The summed E-state index contributed by atoms with van der Waals surface area (Å²) in [6, 6.07) is 5.43. The van der Waals surface area contributed by atoms with Gasteiger partial charge in [0, 0.05) is 10.6 Å². The molecular formula is C14H17ClN2O4S. The Labute approximate surface area is 137 Å². The van der Waals surface area contributed by atoms with Crippen LogP contribution in [0, 0.1) is 0 Å². The lowest BCUT2D eigenvalue weighted by Crippen LogP contribution is -2.43. The summed E-state index contributed by atoms with van der Waals surface area (Å²) in [7, 11) is 0. The summed E-state index contributed by atoms with van der Waals surface area (Å²) in [5.74, 6) is -1.20. The van der Waals surface area contributed by atoms with Gasteiger partial charge in [-0.1, -0.05) is 11.6 Å². The van der Waals surface area contributed by atoms with Gasteiger partial charge in [0.2, 0.25) is 0 Å². The Balaban J connectivity index is 2.70. The normalized spacial score (nSPS) is 11.5. The lowest BCUT2D eigenvalue weighted by Gasteiger charge is -2.17. The van der Waals surface area contributed by atoms with Crippen molar-refractivity contribution in [2.45, 2.75) is 12.5 Å². The molecule has 0 aliphatic carbocycles. The van der Waals surface area contributed by atoms with Gasteiger partial charge in [-0.05, 0) is 42.7 Å². The Morgan fingerprint density at radius 1 is 1.32 bits per heavy atom. The number of thioether (sulfide) groups is 1. The zero-order chi connectivity index (χ0) is 16.5. The van der Waals surface area contributed by atoms with Gasteiger partial charge in [0.05, 0.1) is 0 Å². The lowest BCUT2D eigenvalue weighted by atomic mass is 10.1. The van der Waals surface area contributed by atoms with E-state index in [0.29, 0.717) is 22.8 Å². The van der Waals surface area contributed by atoms with E-state index in [9.17, 15) is 14.4 Å². The van der Waals surface area contributed by atoms with Crippen LogP contribution in [0.25, 0.3) is 0 Å². The molecule has 0 saturated heterocycles. The Morgan fingerprint density at radius 2 is 1.95 bits per heavy atom. The van der Waals surface area contributed by atoms with Gasteiger partial charge >= 0.3 is 5.97 Å². The molecule has 0 saturated carbocycles. The van der Waals surface area contributed by atoms with Gasteiger partial charge in [-0.3, -0.25) is 9.59 Å². The number of hydrogen-bond donors (Lipinski definition) is 2. The summed E-state index contributed by atoms with van der Waals surface area (Å²) < 4.78 is 4.76. The maximum atomic E-state index is 12.1.